The molecule has 0 bridgehead atoms. The van der Waals surface area contributed by atoms with E-state index in [2.05, 4.69) is 20.8 Å². The Morgan fingerprint density at radius 2 is 1.79 bits per heavy atom. The van der Waals surface area contributed by atoms with E-state index in [4.69, 9.17) is 0 Å². The summed E-state index contributed by atoms with van der Waals surface area (Å²) in [7, 11) is 0. The number of carbonyl (C=O) groups is 1. The first-order valence-electron chi connectivity index (χ1n) is 11.7. The number of rotatable bonds is 4. The van der Waals surface area contributed by atoms with Crippen molar-refractivity contribution in [1.82, 2.24) is 0 Å². The summed E-state index contributed by atoms with van der Waals surface area (Å²) in [5, 5.41) is 32.9. The molecule has 0 heterocycles. The molecule has 4 heteroatoms. The molecular weight excluding hydrogens is 352 g/mol. The van der Waals surface area contributed by atoms with Crippen molar-refractivity contribution in [3.63, 3.8) is 0 Å². The molecule has 0 amide bonds. The first-order valence-corrected chi connectivity index (χ1v) is 11.7. The third-order valence-electron chi connectivity index (χ3n) is 10.3. The maximum absolute atomic E-state index is 11.5. The third-order valence-corrected chi connectivity index (χ3v) is 10.3. The third kappa shape index (κ3) is 2.93. The van der Waals surface area contributed by atoms with E-state index in [0.29, 0.717) is 36.0 Å². The summed E-state index contributed by atoms with van der Waals surface area (Å²) in [6, 6.07) is 0. The maximum atomic E-state index is 11.5. The molecule has 4 fully saturated rings. The Morgan fingerprint density at radius 1 is 1.04 bits per heavy atom. The largest absolute Gasteiger partial charge is 0.393 e. The van der Waals surface area contributed by atoms with E-state index >= 15 is 0 Å². The number of hydrogen-bond acceptors (Lipinski definition) is 4. The van der Waals surface area contributed by atoms with Crippen LogP contribution in [0, 0.1) is 46.3 Å². The van der Waals surface area contributed by atoms with Gasteiger partial charge in [-0.15, -0.1) is 0 Å². The van der Waals surface area contributed by atoms with Crippen molar-refractivity contribution in [2.24, 2.45) is 46.3 Å². The van der Waals surface area contributed by atoms with Crippen molar-refractivity contribution in [2.45, 2.75) is 96.9 Å². The van der Waals surface area contributed by atoms with Crippen LogP contribution >= 0.6 is 0 Å². The minimum absolute atomic E-state index is 0.132. The smallest absolute Gasteiger partial charge is 0.120 e. The second-order valence-corrected chi connectivity index (χ2v) is 11.2. The Kier molecular flexibility index (Phi) is 5.46. The highest BCUT2D eigenvalue weighted by Gasteiger charge is 2.65. The van der Waals surface area contributed by atoms with Gasteiger partial charge in [-0.3, -0.25) is 0 Å². The zero-order valence-electron chi connectivity index (χ0n) is 17.9. The van der Waals surface area contributed by atoms with Crippen molar-refractivity contribution in [3.8, 4) is 0 Å². The Labute approximate surface area is 170 Å². The van der Waals surface area contributed by atoms with Gasteiger partial charge in [-0.1, -0.05) is 20.8 Å². The van der Waals surface area contributed by atoms with Gasteiger partial charge in [0.05, 0.1) is 18.3 Å². The van der Waals surface area contributed by atoms with Gasteiger partial charge >= 0.3 is 0 Å². The van der Waals surface area contributed by atoms with Gasteiger partial charge in [0, 0.05) is 6.42 Å². The van der Waals surface area contributed by atoms with Gasteiger partial charge in [-0.05, 0) is 97.7 Å². The van der Waals surface area contributed by atoms with Crippen molar-refractivity contribution in [3.05, 3.63) is 0 Å². The van der Waals surface area contributed by atoms with E-state index in [1.807, 2.05) is 0 Å². The average Bonchev–Trinajstić information content (AvgIpc) is 3.01. The monoisotopic (exact) mass is 392 g/mol. The molecule has 0 aromatic rings. The molecule has 4 saturated carbocycles. The quantitative estimate of drug-likeness (QED) is 0.639. The SMILES string of the molecule is C[C@H](CCC=O)C1CCC2C3C(C[C@H](O)[C@@]21C)[C@@]1(C)CC[C@@H](O)C[C@H]1C[C@H]3O. The lowest BCUT2D eigenvalue weighted by Gasteiger charge is -2.63. The Balaban J connectivity index is 1.63. The number of aliphatic hydroxyl groups is 3. The van der Waals surface area contributed by atoms with Gasteiger partial charge in [0.25, 0.3) is 0 Å². The standard InChI is InChI=1S/C24H40O4/c1-14(5-4-10-25)17-6-7-18-22-19(13-21(28)24(17,18)3)23(2)9-8-16(26)11-15(23)12-20(22)27/h10,14-22,26-28H,4-9,11-13H2,1-3H3/t14-,15+,16-,17?,18?,19?,20-,21+,22?,23+,24-/m1/s1. The second-order valence-electron chi connectivity index (χ2n) is 11.2. The number of aldehydes is 1. The normalized spacial score (nSPS) is 54.4. The van der Waals surface area contributed by atoms with Gasteiger partial charge in [0.2, 0.25) is 0 Å². The van der Waals surface area contributed by atoms with E-state index in [-0.39, 0.29) is 35.1 Å². The fraction of sp³-hybridized carbons (Fsp3) is 0.958. The molecule has 0 spiro atoms. The highest BCUT2D eigenvalue weighted by molar-refractivity contribution is 5.49. The topological polar surface area (TPSA) is 77.8 Å². The number of carbonyl (C=O) groups excluding carboxylic acids is 1. The molecule has 4 rings (SSSR count). The molecule has 0 aliphatic heterocycles. The van der Waals surface area contributed by atoms with Crippen molar-refractivity contribution in [1.29, 1.82) is 0 Å². The van der Waals surface area contributed by atoms with Crippen LogP contribution in [0.15, 0.2) is 0 Å². The molecule has 4 unspecified atom stereocenters. The maximum Gasteiger partial charge on any atom is 0.120 e. The molecule has 4 aliphatic carbocycles. The molecule has 4 nitrogen and oxygen atoms in total. The lowest BCUT2D eigenvalue weighted by Crippen LogP contribution is -2.62. The summed E-state index contributed by atoms with van der Waals surface area (Å²) in [5.74, 6) is 2.22. The van der Waals surface area contributed by atoms with E-state index in [0.717, 1.165) is 57.7 Å². The van der Waals surface area contributed by atoms with E-state index in [1.165, 1.54) is 0 Å². The highest BCUT2D eigenvalue weighted by atomic mass is 16.3. The highest BCUT2D eigenvalue weighted by Crippen LogP contribution is 2.68. The molecule has 160 valence electrons. The van der Waals surface area contributed by atoms with Crippen LogP contribution in [0.5, 0.6) is 0 Å². The molecule has 0 saturated heterocycles. The molecule has 4 aliphatic rings. The first kappa shape index (κ1) is 20.8. The van der Waals surface area contributed by atoms with Crippen LogP contribution in [0.3, 0.4) is 0 Å². The summed E-state index contributed by atoms with van der Waals surface area (Å²) in [6.07, 6.45) is 8.11. The number of aliphatic hydroxyl groups excluding tert-OH is 3. The fourth-order valence-electron chi connectivity index (χ4n) is 8.66. The molecule has 0 aromatic carbocycles. The molecular formula is C24H40O4. The van der Waals surface area contributed by atoms with Crippen LogP contribution in [-0.2, 0) is 4.79 Å². The van der Waals surface area contributed by atoms with Crippen molar-refractivity contribution in [2.75, 3.05) is 0 Å². The summed E-state index contributed by atoms with van der Waals surface area (Å²) in [6.45, 7) is 6.90. The zero-order valence-corrected chi connectivity index (χ0v) is 17.9. The number of hydrogen-bond donors (Lipinski definition) is 3. The molecule has 0 aromatic heterocycles. The van der Waals surface area contributed by atoms with Crippen LogP contribution in [-0.4, -0.2) is 39.9 Å². The van der Waals surface area contributed by atoms with Gasteiger partial charge in [-0.25, -0.2) is 0 Å². The van der Waals surface area contributed by atoms with E-state index in [9.17, 15) is 20.1 Å². The van der Waals surface area contributed by atoms with Gasteiger partial charge in [0.15, 0.2) is 0 Å². The Hall–Kier alpha value is -0.450. The van der Waals surface area contributed by atoms with Crippen LogP contribution in [0.25, 0.3) is 0 Å². The Morgan fingerprint density at radius 3 is 2.50 bits per heavy atom. The summed E-state index contributed by atoms with van der Waals surface area (Å²) in [5.41, 5.74) is -0.0194. The Bertz CT molecular complexity index is 593. The lowest BCUT2D eigenvalue weighted by atomic mass is 9.43. The van der Waals surface area contributed by atoms with Gasteiger partial charge in [-0.2, -0.15) is 0 Å². The lowest BCUT2D eigenvalue weighted by molar-refractivity contribution is -0.207. The predicted octanol–water partition coefficient (Wildman–Crippen LogP) is 3.56. The summed E-state index contributed by atoms with van der Waals surface area (Å²) in [4.78, 5) is 10.9. The van der Waals surface area contributed by atoms with Crippen LogP contribution < -0.4 is 0 Å². The van der Waals surface area contributed by atoms with Gasteiger partial charge in [0.1, 0.15) is 6.29 Å². The summed E-state index contributed by atoms with van der Waals surface area (Å²) >= 11 is 0. The molecule has 0 radical (unpaired) electrons. The molecule has 11 atom stereocenters. The molecule has 28 heavy (non-hydrogen) atoms. The fourth-order valence-corrected chi connectivity index (χ4v) is 8.66. The van der Waals surface area contributed by atoms with Crippen LogP contribution in [0.4, 0.5) is 0 Å². The summed E-state index contributed by atoms with van der Waals surface area (Å²) < 4.78 is 0. The zero-order chi connectivity index (χ0) is 20.3. The van der Waals surface area contributed by atoms with Crippen molar-refractivity contribution < 1.29 is 20.1 Å². The van der Waals surface area contributed by atoms with Crippen LogP contribution in [0.1, 0.15) is 78.6 Å². The van der Waals surface area contributed by atoms with E-state index in [1.54, 1.807) is 0 Å². The van der Waals surface area contributed by atoms with Crippen LogP contribution in [0.2, 0.25) is 0 Å². The molecule has 3 N–H and O–H groups in total. The van der Waals surface area contributed by atoms with E-state index < -0.39 is 0 Å². The minimum Gasteiger partial charge on any atom is -0.393 e. The van der Waals surface area contributed by atoms with Crippen molar-refractivity contribution >= 4 is 6.29 Å². The first-order chi connectivity index (χ1) is 13.2. The number of fused-ring (bicyclic) bond motifs is 5. The minimum atomic E-state index is -0.334. The van der Waals surface area contributed by atoms with Gasteiger partial charge < -0.3 is 20.1 Å². The predicted molar refractivity (Wildman–Crippen MR) is 108 cm³/mol. The second kappa shape index (κ2) is 7.35. The average molecular weight is 393 g/mol.